The molecule has 0 unspecified atom stereocenters. The van der Waals surface area contributed by atoms with Crippen LogP contribution in [-0.4, -0.2) is 5.11 Å². The summed E-state index contributed by atoms with van der Waals surface area (Å²) >= 11 is 1.60. The minimum atomic E-state index is 0.0977. The van der Waals surface area contributed by atoms with Crippen LogP contribution in [0.15, 0.2) is 11.4 Å². The first-order chi connectivity index (χ1) is 4.88. The Morgan fingerprint density at radius 1 is 1.70 bits per heavy atom. The SMILES string of the molecule is C#CCc1sccc1CO. The van der Waals surface area contributed by atoms with E-state index < -0.39 is 0 Å². The molecule has 10 heavy (non-hydrogen) atoms. The molecule has 0 amide bonds. The van der Waals surface area contributed by atoms with E-state index in [1.54, 1.807) is 11.3 Å². The third kappa shape index (κ3) is 1.38. The first-order valence-electron chi connectivity index (χ1n) is 2.98. The molecular weight excluding hydrogens is 144 g/mol. The molecule has 1 heterocycles. The zero-order valence-corrected chi connectivity index (χ0v) is 6.32. The van der Waals surface area contributed by atoms with Crippen LogP contribution in [0, 0.1) is 12.3 Å². The second kappa shape index (κ2) is 3.40. The van der Waals surface area contributed by atoms with Crippen molar-refractivity contribution in [2.45, 2.75) is 13.0 Å². The summed E-state index contributed by atoms with van der Waals surface area (Å²) in [5.41, 5.74) is 0.961. The van der Waals surface area contributed by atoms with Crippen molar-refractivity contribution in [1.29, 1.82) is 0 Å². The lowest BCUT2D eigenvalue weighted by Gasteiger charge is -1.92. The van der Waals surface area contributed by atoms with Crippen LogP contribution >= 0.6 is 11.3 Å². The van der Waals surface area contributed by atoms with Crippen LogP contribution in [0.1, 0.15) is 10.4 Å². The van der Waals surface area contributed by atoms with E-state index >= 15 is 0 Å². The zero-order chi connectivity index (χ0) is 7.40. The second-order valence-electron chi connectivity index (χ2n) is 1.91. The highest BCUT2D eigenvalue weighted by Crippen LogP contribution is 2.16. The standard InChI is InChI=1S/C8H8OS/c1-2-3-8-7(6-9)4-5-10-8/h1,4-5,9H,3,6H2. The number of hydrogen-bond acceptors (Lipinski definition) is 2. The molecule has 0 aromatic carbocycles. The maximum absolute atomic E-state index is 8.77. The van der Waals surface area contributed by atoms with Crippen LogP contribution in [0.2, 0.25) is 0 Å². The van der Waals surface area contributed by atoms with E-state index in [1.807, 2.05) is 11.4 Å². The molecule has 2 heteroatoms. The number of rotatable bonds is 2. The molecule has 0 aliphatic carbocycles. The van der Waals surface area contributed by atoms with Crippen LogP contribution in [0.3, 0.4) is 0 Å². The van der Waals surface area contributed by atoms with Gasteiger partial charge in [0.2, 0.25) is 0 Å². The van der Waals surface area contributed by atoms with Gasteiger partial charge >= 0.3 is 0 Å². The Morgan fingerprint density at radius 3 is 3.10 bits per heavy atom. The van der Waals surface area contributed by atoms with Crippen molar-refractivity contribution in [3.05, 3.63) is 21.9 Å². The lowest BCUT2D eigenvalue weighted by Crippen LogP contribution is -1.84. The molecule has 0 atom stereocenters. The molecule has 0 fully saturated rings. The van der Waals surface area contributed by atoms with Crippen LogP contribution in [-0.2, 0) is 13.0 Å². The van der Waals surface area contributed by atoms with Gasteiger partial charge in [0.15, 0.2) is 0 Å². The molecule has 0 bridgehead atoms. The molecule has 1 nitrogen and oxygen atoms in total. The van der Waals surface area contributed by atoms with Crippen LogP contribution in [0.5, 0.6) is 0 Å². The van der Waals surface area contributed by atoms with Crippen molar-refractivity contribution >= 4 is 11.3 Å². The van der Waals surface area contributed by atoms with E-state index in [2.05, 4.69) is 5.92 Å². The Labute approximate surface area is 64.3 Å². The van der Waals surface area contributed by atoms with Crippen LogP contribution < -0.4 is 0 Å². The summed E-state index contributed by atoms with van der Waals surface area (Å²) in [6.07, 6.45) is 5.75. The lowest BCUT2D eigenvalue weighted by molar-refractivity contribution is 0.281. The van der Waals surface area contributed by atoms with Crippen molar-refractivity contribution in [3.8, 4) is 12.3 Å². The van der Waals surface area contributed by atoms with E-state index in [4.69, 9.17) is 11.5 Å². The molecule has 0 radical (unpaired) electrons. The number of hydrogen-bond donors (Lipinski definition) is 1. The lowest BCUT2D eigenvalue weighted by atomic mass is 10.2. The van der Waals surface area contributed by atoms with Crippen LogP contribution in [0.25, 0.3) is 0 Å². The average Bonchev–Trinajstić information content (AvgIpc) is 2.36. The monoisotopic (exact) mass is 152 g/mol. The van der Waals surface area contributed by atoms with Gasteiger partial charge in [0.1, 0.15) is 0 Å². The molecule has 0 aliphatic rings. The Kier molecular flexibility index (Phi) is 2.49. The van der Waals surface area contributed by atoms with Gasteiger partial charge < -0.3 is 5.11 Å². The normalized spacial score (nSPS) is 9.20. The summed E-state index contributed by atoms with van der Waals surface area (Å²) < 4.78 is 0. The van der Waals surface area contributed by atoms with Crippen molar-refractivity contribution in [1.82, 2.24) is 0 Å². The average molecular weight is 152 g/mol. The molecular formula is C8H8OS. The van der Waals surface area contributed by atoms with E-state index in [-0.39, 0.29) is 6.61 Å². The Bertz CT molecular complexity index is 244. The van der Waals surface area contributed by atoms with Gasteiger partial charge in [-0.2, -0.15) is 0 Å². The maximum atomic E-state index is 8.77. The highest BCUT2D eigenvalue weighted by atomic mass is 32.1. The molecule has 1 aromatic heterocycles. The van der Waals surface area contributed by atoms with Crippen molar-refractivity contribution in [3.63, 3.8) is 0 Å². The van der Waals surface area contributed by atoms with Gasteiger partial charge in [0.25, 0.3) is 0 Å². The van der Waals surface area contributed by atoms with E-state index in [9.17, 15) is 0 Å². The fraction of sp³-hybridized carbons (Fsp3) is 0.250. The van der Waals surface area contributed by atoms with Crippen molar-refractivity contribution in [2.24, 2.45) is 0 Å². The van der Waals surface area contributed by atoms with Gasteiger partial charge in [0.05, 0.1) is 6.61 Å². The summed E-state index contributed by atoms with van der Waals surface area (Å²) in [6.45, 7) is 0.0977. The van der Waals surface area contributed by atoms with Crippen LogP contribution in [0.4, 0.5) is 0 Å². The van der Waals surface area contributed by atoms with E-state index in [1.165, 1.54) is 0 Å². The summed E-state index contributed by atoms with van der Waals surface area (Å²) in [7, 11) is 0. The summed E-state index contributed by atoms with van der Waals surface area (Å²) in [6, 6.07) is 1.90. The summed E-state index contributed by atoms with van der Waals surface area (Å²) in [5, 5.41) is 10.7. The minimum absolute atomic E-state index is 0.0977. The van der Waals surface area contributed by atoms with E-state index in [0.717, 1.165) is 10.4 Å². The number of terminal acetylenes is 1. The number of thiophene rings is 1. The molecule has 0 aliphatic heterocycles. The molecule has 52 valence electrons. The third-order valence-corrected chi connectivity index (χ3v) is 2.23. The maximum Gasteiger partial charge on any atom is 0.0693 e. The predicted octanol–water partition coefficient (Wildman–Crippen LogP) is 1.42. The second-order valence-corrected chi connectivity index (χ2v) is 2.91. The molecule has 0 spiro atoms. The Hall–Kier alpha value is -0.780. The molecule has 1 rings (SSSR count). The van der Waals surface area contributed by atoms with Gasteiger partial charge in [-0.15, -0.1) is 23.7 Å². The number of aliphatic hydroxyl groups excluding tert-OH is 1. The fourth-order valence-corrected chi connectivity index (χ4v) is 1.60. The largest absolute Gasteiger partial charge is 0.392 e. The number of aliphatic hydroxyl groups is 1. The highest BCUT2D eigenvalue weighted by Gasteiger charge is 1.99. The topological polar surface area (TPSA) is 20.2 Å². The Balaban J connectivity index is 2.82. The van der Waals surface area contributed by atoms with Gasteiger partial charge in [-0.25, -0.2) is 0 Å². The predicted molar refractivity (Wildman–Crippen MR) is 42.8 cm³/mol. The van der Waals surface area contributed by atoms with Crippen molar-refractivity contribution < 1.29 is 5.11 Å². The minimum Gasteiger partial charge on any atom is -0.392 e. The summed E-state index contributed by atoms with van der Waals surface area (Å²) in [4.78, 5) is 1.10. The molecule has 1 N–H and O–H groups in total. The van der Waals surface area contributed by atoms with E-state index in [0.29, 0.717) is 6.42 Å². The first kappa shape index (κ1) is 7.33. The quantitative estimate of drug-likeness (QED) is 0.635. The van der Waals surface area contributed by atoms with Gasteiger partial charge in [-0.3, -0.25) is 0 Å². The Morgan fingerprint density at radius 2 is 2.50 bits per heavy atom. The van der Waals surface area contributed by atoms with Gasteiger partial charge in [-0.05, 0) is 17.0 Å². The first-order valence-corrected chi connectivity index (χ1v) is 3.86. The molecule has 0 saturated heterocycles. The zero-order valence-electron chi connectivity index (χ0n) is 5.50. The van der Waals surface area contributed by atoms with Gasteiger partial charge in [-0.1, -0.05) is 0 Å². The van der Waals surface area contributed by atoms with Crippen molar-refractivity contribution in [2.75, 3.05) is 0 Å². The fourth-order valence-electron chi connectivity index (χ4n) is 0.756. The van der Waals surface area contributed by atoms with Gasteiger partial charge in [0, 0.05) is 11.3 Å². The third-order valence-electron chi connectivity index (χ3n) is 1.27. The molecule has 0 saturated carbocycles. The highest BCUT2D eigenvalue weighted by molar-refractivity contribution is 7.10. The molecule has 1 aromatic rings. The smallest absolute Gasteiger partial charge is 0.0693 e. The summed E-state index contributed by atoms with van der Waals surface area (Å²) in [5.74, 6) is 2.54.